The van der Waals surface area contributed by atoms with Crippen LogP contribution >= 0.6 is 0 Å². The molecule has 1 aliphatic heterocycles. The number of nitrogens with two attached hydrogens (primary N) is 1. The van der Waals surface area contributed by atoms with Crippen LogP contribution in [0.4, 0.5) is 0 Å². The molecule has 20 heavy (non-hydrogen) atoms. The molecule has 1 aliphatic rings. The van der Waals surface area contributed by atoms with Gasteiger partial charge in [-0.15, -0.1) is 0 Å². The van der Waals surface area contributed by atoms with Crippen molar-refractivity contribution in [1.82, 2.24) is 14.7 Å². The highest BCUT2D eigenvalue weighted by atomic mass is 16.2. The van der Waals surface area contributed by atoms with Gasteiger partial charge in [0.1, 0.15) is 0 Å². The second-order valence-electron chi connectivity index (χ2n) is 5.98. The van der Waals surface area contributed by atoms with Crippen molar-refractivity contribution in [3.63, 3.8) is 0 Å². The van der Waals surface area contributed by atoms with Gasteiger partial charge < -0.3 is 15.5 Å². The largest absolute Gasteiger partial charge is 0.346 e. The normalized spacial score (nSPS) is 19.2. The summed E-state index contributed by atoms with van der Waals surface area (Å²) >= 11 is 0. The minimum Gasteiger partial charge on any atom is -0.346 e. The monoisotopic (exact) mass is 284 g/mol. The molecule has 1 heterocycles. The molecule has 1 rings (SSSR count). The smallest absolute Gasteiger partial charge is 0.242 e. The van der Waals surface area contributed by atoms with Crippen LogP contribution in [0.3, 0.4) is 0 Å². The highest BCUT2D eigenvalue weighted by Crippen LogP contribution is 2.21. The van der Waals surface area contributed by atoms with Gasteiger partial charge in [0.2, 0.25) is 11.8 Å². The number of amides is 2. The Hall–Kier alpha value is -1.14. The third-order valence-electron chi connectivity index (χ3n) is 4.08. The first-order valence-electron chi connectivity index (χ1n) is 7.25. The van der Waals surface area contributed by atoms with Crippen LogP contribution in [0.1, 0.15) is 26.7 Å². The van der Waals surface area contributed by atoms with Crippen molar-refractivity contribution < 1.29 is 9.59 Å². The van der Waals surface area contributed by atoms with Gasteiger partial charge in [-0.2, -0.15) is 0 Å². The number of carbonyl (C=O) groups excluding carboxylic acids is 2. The maximum absolute atomic E-state index is 12.2. The molecule has 0 aromatic heterocycles. The lowest BCUT2D eigenvalue weighted by Gasteiger charge is -2.44. The van der Waals surface area contributed by atoms with Crippen molar-refractivity contribution in [3.8, 4) is 0 Å². The summed E-state index contributed by atoms with van der Waals surface area (Å²) in [4.78, 5) is 29.7. The van der Waals surface area contributed by atoms with E-state index >= 15 is 0 Å². The van der Waals surface area contributed by atoms with Crippen molar-refractivity contribution >= 4 is 11.8 Å². The Morgan fingerprint density at radius 1 is 1.40 bits per heavy atom. The number of rotatable bonds is 6. The molecule has 0 saturated carbocycles. The van der Waals surface area contributed by atoms with E-state index in [1.165, 1.54) is 0 Å². The summed E-state index contributed by atoms with van der Waals surface area (Å²) in [7, 11) is 3.63. The number of nitrogens with zero attached hydrogens (tertiary/aromatic N) is 3. The van der Waals surface area contributed by atoms with Crippen LogP contribution in [0, 0.1) is 0 Å². The molecule has 6 nitrogen and oxygen atoms in total. The standard InChI is InChI=1S/C14H28N4O2/c1-14(2)13(20)17(4)10-11-18(14)9-6-12(19)16(3)8-5-7-15/h5-11,15H2,1-4H3. The first-order chi connectivity index (χ1) is 9.30. The van der Waals surface area contributed by atoms with Gasteiger partial charge in [0.15, 0.2) is 0 Å². The zero-order valence-corrected chi connectivity index (χ0v) is 13.2. The number of carbonyl (C=O) groups is 2. The summed E-state index contributed by atoms with van der Waals surface area (Å²) in [5.74, 6) is 0.230. The summed E-state index contributed by atoms with van der Waals surface area (Å²) < 4.78 is 0. The molecule has 116 valence electrons. The van der Waals surface area contributed by atoms with Crippen molar-refractivity contribution in [2.45, 2.75) is 32.2 Å². The average molecular weight is 284 g/mol. The van der Waals surface area contributed by atoms with Crippen LogP contribution in [-0.4, -0.2) is 78.9 Å². The molecular formula is C14H28N4O2. The quantitative estimate of drug-likeness (QED) is 0.729. The van der Waals surface area contributed by atoms with Gasteiger partial charge in [-0.3, -0.25) is 14.5 Å². The minimum atomic E-state index is -0.525. The molecule has 2 N–H and O–H groups in total. The molecule has 0 unspecified atom stereocenters. The third-order valence-corrected chi connectivity index (χ3v) is 4.08. The summed E-state index contributed by atoms with van der Waals surface area (Å²) in [5, 5.41) is 0. The average Bonchev–Trinajstić information content (AvgIpc) is 2.41. The highest BCUT2D eigenvalue weighted by molar-refractivity contribution is 5.86. The molecule has 0 bridgehead atoms. The SMILES string of the molecule is CN(CCCN)C(=O)CCN1CCN(C)C(=O)C1(C)C. The first kappa shape index (κ1) is 16.9. The summed E-state index contributed by atoms with van der Waals surface area (Å²) in [6, 6.07) is 0. The van der Waals surface area contributed by atoms with E-state index in [1.807, 2.05) is 20.9 Å². The van der Waals surface area contributed by atoms with E-state index in [4.69, 9.17) is 5.73 Å². The van der Waals surface area contributed by atoms with Crippen LogP contribution < -0.4 is 5.73 Å². The van der Waals surface area contributed by atoms with E-state index in [1.54, 1.807) is 16.8 Å². The van der Waals surface area contributed by atoms with E-state index in [9.17, 15) is 9.59 Å². The molecule has 0 atom stereocenters. The van der Waals surface area contributed by atoms with Crippen molar-refractivity contribution in [3.05, 3.63) is 0 Å². The number of hydrogen-bond acceptors (Lipinski definition) is 4. The zero-order chi connectivity index (χ0) is 15.3. The van der Waals surface area contributed by atoms with Crippen LogP contribution in [0.2, 0.25) is 0 Å². The Labute approximate surface area is 121 Å². The maximum atomic E-state index is 12.2. The van der Waals surface area contributed by atoms with E-state index in [0.717, 1.165) is 19.5 Å². The highest BCUT2D eigenvalue weighted by Gasteiger charge is 2.40. The van der Waals surface area contributed by atoms with E-state index in [-0.39, 0.29) is 11.8 Å². The van der Waals surface area contributed by atoms with Gasteiger partial charge >= 0.3 is 0 Å². The Morgan fingerprint density at radius 3 is 2.65 bits per heavy atom. The van der Waals surface area contributed by atoms with Gasteiger partial charge in [0.25, 0.3) is 0 Å². The van der Waals surface area contributed by atoms with E-state index < -0.39 is 5.54 Å². The fourth-order valence-corrected chi connectivity index (χ4v) is 2.52. The summed E-state index contributed by atoms with van der Waals surface area (Å²) in [5.41, 5.74) is 4.92. The lowest BCUT2D eigenvalue weighted by Crippen LogP contribution is -2.62. The van der Waals surface area contributed by atoms with Gasteiger partial charge in [0, 0.05) is 46.7 Å². The lowest BCUT2D eigenvalue weighted by molar-refractivity contribution is -0.148. The second-order valence-corrected chi connectivity index (χ2v) is 5.98. The summed E-state index contributed by atoms with van der Waals surface area (Å²) in [6.07, 6.45) is 1.27. The predicted octanol–water partition coefficient (Wildman–Crippen LogP) is -0.264. The fourth-order valence-electron chi connectivity index (χ4n) is 2.52. The number of piperazine rings is 1. The zero-order valence-electron chi connectivity index (χ0n) is 13.2. The molecule has 0 aromatic rings. The van der Waals surface area contributed by atoms with Crippen LogP contribution in [0.5, 0.6) is 0 Å². The molecule has 2 amide bonds. The van der Waals surface area contributed by atoms with Crippen molar-refractivity contribution in [1.29, 1.82) is 0 Å². The molecule has 1 saturated heterocycles. The Kier molecular flexibility index (Phi) is 5.95. The molecule has 0 spiro atoms. The van der Waals surface area contributed by atoms with Gasteiger partial charge in [0.05, 0.1) is 5.54 Å². The Morgan fingerprint density at radius 2 is 2.05 bits per heavy atom. The van der Waals surface area contributed by atoms with E-state index in [2.05, 4.69) is 4.90 Å². The Bertz CT molecular complexity index is 357. The predicted molar refractivity (Wildman–Crippen MR) is 79.2 cm³/mol. The van der Waals surface area contributed by atoms with Crippen LogP contribution in [0.25, 0.3) is 0 Å². The second kappa shape index (κ2) is 7.04. The summed E-state index contributed by atoms with van der Waals surface area (Å²) in [6.45, 7) is 7.30. The number of likely N-dealkylation sites (N-methyl/N-ethyl adjacent to an activating group) is 1. The maximum Gasteiger partial charge on any atom is 0.242 e. The number of hydrogen-bond donors (Lipinski definition) is 1. The molecule has 0 aromatic carbocycles. The fraction of sp³-hybridized carbons (Fsp3) is 0.857. The van der Waals surface area contributed by atoms with Crippen LogP contribution in [0.15, 0.2) is 0 Å². The first-order valence-corrected chi connectivity index (χ1v) is 7.25. The van der Waals surface area contributed by atoms with Crippen LogP contribution in [-0.2, 0) is 9.59 Å². The molecule has 0 aliphatic carbocycles. The van der Waals surface area contributed by atoms with Crippen molar-refractivity contribution in [2.75, 3.05) is 46.8 Å². The molecular weight excluding hydrogens is 256 g/mol. The molecule has 6 heteroatoms. The molecule has 0 radical (unpaired) electrons. The van der Waals surface area contributed by atoms with Crippen molar-refractivity contribution in [2.24, 2.45) is 5.73 Å². The van der Waals surface area contributed by atoms with Gasteiger partial charge in [-0.25, -0.2) is 0 Å². The van der Waals surface area contributed by atoms with Gasteiger partial charge in [-0.05, 0) is 26.8 Å². The third kappa shape index (κ3) is 3.93. The Balaban J connectivity index is 2.48. The van der Waals surface area contributed by atoms with Gasteiger partial charge in [-0.1, -0.05) is 0 Å². The topological polar surface area (TPSA) is 69.9 Å². The lowest BCUT2D eigenvalue weighted by atomic mass is 9.97. The minimum absolute atomic E-state index is 0.112. The molecule has 1 fully saturated rings. The van der Waals surface area contributed by atoms with E-state index in [0.29, 0.717) is 26.1 Å².